The van der Waals surface area contributed by atoms with Crippen LogP contribution in [0.2, 0.25) is 0 Å². The maximum atomic E-state index is 12.8. The highest BCUT2D eigenvalue weighted by atomic mass is 16.5. The van der Waals surface area contributed by atoms with Crippen LogP contribution in [0, 0.1) is 11.8 Å². The van der Waals surface area contributed by atoms with Gasteiger partial charge in [0.05, 0.1) is 13.2 Å². The van der Waals surface area contributed by atoms with Crippen LogP contribution in [-0.4, -0.2) is 76.9 Å². The molecule has 1 saturated heterocycles. The Morgan fingerprint density at radius 3 is 2.67 bits per heavy atom. The van der Waals surface area contributed by atoms with Crippen LogP contribution in [0.1, 0.15) is 31.7 Å². The maximum Gasteiger partial charge on any atom is 0.232 e. The average molecular weight is 452 g/mol. The van der Waals surface area contributed by atoms with Crippen LogP contribution in [-0.2, 0) is 19.1 Å². The van der Waals surface area contributed by atoms with Gasteiger partial charge in [0.15, 0.2) is 0 Å². The summed E-state index contributed by atoms with van der Waals surface area (Å²) in [5.74, 6) is 0.458. The zero-order valence-electron chi connectivity index (χ0n) is 18.8. The zero-order valence-corrected chi connectivity index (χ0v) is 18.8. The molecule has 174 valence electrons. The first-order chi connectivity index (χ1) is 16.0. The molecule has 2 aliphatic heterocycles. The van der Waals surface area contributed by atoms with Gasteiger partial charge in [0.25, 0.3) is 0 Å². The molecule has 9 nitrogen and oxygen atoms in total. The summed E-state index contributed by atoms with van der Waals surface area (Å²) in [6.07, 6.45) is 5.66. The van der Waals surface area contributed by atoms with Crippen LogP contribution in [0.25, 0.3) is 16.6 Å². The highest BCUT2D eigenvalue weighted by Gasteiger charge is 2.31. The first-order valence-electron chi connectivity index (χ1n) is 11.6. The number of aromatic nitrogens is 2. The van der Waals surface area contributed by atoms with Gasteiger partial charge in [-0.1, -0.05) is 13.0 Å². The lowest BCUT2D eigenvalue weighted by atomic mass is 9.89. The van der Waals surface area contributed by atoms with Crippen molar-refractivity contribution < 1.29 is 19.1 Å². The van der Waals surface area contributed by atoms with Crippen molar-refractivity contribution in [2.24, 2.45) is 11.8 Å². The van der Waals surface area contributed by atoms with Gasteiger partial charge in [-0.2, -0.15) is 0 Å². The molecule has 2 N–H and O–H groups in total. The molecule has 2 fully saturated rings. The predicted molar refractivity (Wildman–Crippen MR) is 123 cm³/mol. The van der Waals surface area contributed by atoms with Crippen molar-refractivity contribution in [2.75, 3.05) is 44.7 Å². The minimum atomic E-state index is -0.146. The van der Waals surface area contributed by atoms with Gasteiger partial charge in [-0.25, -0.2) is 4.98 Å². The van der Waals surface area contributed by atoms with Gasteiger partial charge in [-0.15, -0.1) is 0 Å². The minimum absolute atomic E-state index is 0.0201. The molecule has 0 spiro atoms. The van der Waals surface area contributed by atoms with Crippen LogP contribution in [0.4, 0.5) is 5.82 Å². The molecular formula is C24H29N5O4. The number of aromatic amines is 1. The summed E-state index contributed by atoms with van der Waals surface area (Å²) in [7, 11) is 0. The molecule has 2 aromatic heterocycles. The number of fused-ring (bicyclic) bond motifs is 1. The molecule has 1 unspecified atom stereocenters. The van der Waals surface area contributed by atoms with Crippen LogP contribution in [0.3, 0.4) is 0 Å². The third kappa shape index (κ3) is 4.64. The van der Waals surface area contributed by atoms with Crippen molar-refractivity contribution in [2.45, 2.75) is 26.2 Å². The molecule has 9 heteroatoms. The van der Waals surface area contributed by atoms with E-state index < -0.39 is 0 Å². The quantitative estimate of drug-likeness (QED) is 0.677. The molecule has 0 bridgehead atoms. The topological polar surface area (TPSA) is 108 Å². The Morgan fingerprint density at radius 2 is 1.94 bits per heavy atom. The number of carbonyl (C=O) groups is 3. The summed E-state index contributed by atoms with van der Waals surface area (Å²) in [5.41, 5.74) is 2.85. The second kappa shape index (κ2) is 8.97. The summed E-state index contributed by atoms with van der Waals surface area (Å²) >= 11 is 0. The molecule has 1 atom stereocenters. The fourth-order valence-electron chi connectivity index (χ4n) is 4.57. The van der Waals surface area contributed by atoms with E-state index >= 15 is 0 Å². The summed E-state index contributed by atoms with van der Waals surface area (Å²) in [6, 6.07) is 3.91. The number of nitrogens with zero attached hydrogens (tertiary/aromatic N) is 3. The van der Waals surface area contributed by atoms with Gasteiger partial charge >= 0.3 is 0 Å². The summed E-state index contributed by atoms with van der Waals surface area (Å²) in [5, 5.41) is 3.93. The third-order valence-corrected chi connectivity index (χ3v) is 6.61. The average Bonchev–Trinajstić information content (AvgIpc) is 3.57. The number of hydrogen-bond donors (Lipinski definition) is 2. The SMILES string of the molecule is CC1CN(C(=O)CC(=O)N2CCOCC2)CC=C1c1cc(NC(=O)C2CC2)nc2[nH]ccc12. The van der Waals surface area contributed by atoms with Gasteiger partial charge in [0, 0.05) is 43.7 Å². The lowest BCUT2D eigenvalue weighted by molar-refractivity contribution is -0.143. The number of hydrogen-bond acceptors (Lipinski definition) is 5. The van der Waals surface area contributed by atoms with E-state index in [9.17, 15) is 14.4 Å². The fourth-order valence-corrected chi connectivity index (χ4v) is 4.57. The Kier molecular flexibility index (Phi) is 5.88. The molecule has 5 rings (SSSR count). The lowest BCUT2D eigenvalue weighted by Crippen LogP contribution is -2.44. The Balaban J connectivity index is 1.32. The van der Waals surface area contributed by atoms with E-state index in [1.165, 1.54) is 0 Å². The van der Waals surface area contributed by atoms with E-state index in [4.69, 9.17) is 4.74 Å². The number of pyridine rings is 1. The number of amides is 3. The number of ether oxygens (including phenoxy) is 1. The van der Waals surface area contributed by atoms with Crippen molar-refractivity contribution in [1.29, 1.82) is 0 Å². The molecule has 0 aromatic carbocycles. The second-order valence-electron chi connectivity index (χ2n) is 9.09. The van der Waals surface area contributed by atoms with Gasteiger partial charge in [-0.3, -0.25) is 14.4 Å². The van der Waals surface area contributed by atoms with E-state index in [1.807, 2.05) is 18.3 Å². The van der Waals surface area contributed by atoms with E-state index in [1.54, 1.807) is 9.80 Å². The molecule has 33 heavy (non-hydrogen) atoms. The molecule has 2 aromatic rings. The lowest BCUT2D eigenvalue weighted by Gasteiger charge is -2.33. The Hall–Kier alpha value is -3.20. The van der Waals surface area contributed by atoms with Crippen LogP contribution < -0.4 is 5.32 Å². The van der Waals surface area contributed by atoms with Crippen molar-refractivity contribution >= 4 is 40.1 Å². The maximum absolute atomic E-state index is 12.8. The van der Waals surface area contributed by atoms with Crippen molar-refractivity contribution in [3.63, 3.8) is 0 Å². The normalized spacial score (nSPS) is 21.1. The van der Waals surface area contributed by atoms with E-state index in [2.05, 4.69) is 28.3 Å². The molecule has 1 aliphatic carbocycles. The summed E-state index contributed by atoms with van der Waals surface area (Å²) < 4.78 is 5.28. The second-order valence-corrected chi connectivity index (χ2v) is 9.09. The Morgan fingerprint density at radius 1 is 1.18 bits per heavy atom. The van der Waals surface area contributed by atoms with Crippen molar-refractivity contribution in [3.05, 3.63) is 30.0 Å². The number of nitrogens with one attached hydrogen (secondary N) is 2. The molecule has 1 saturated carbocycles. The largest absolute Gasteiger partial charge is 0.378 e. The van der Waals surface area contributed by atoms with E-state index in [-0.39, 0.29) is 36.0 Å². The first-order valence-corrected chi connectivity index (χ1v) is 11.6. The molecule has 4 heterocycles. The van der Waals surface area contributed by atoms with Crippen LogP contribution in [0.5, 0.6) is 0 Å². The standard InChI is InChI=1S/C24H29N5O4/c1-15-14-29(22(31)13-21(30)28-8-10-33-11-9-28)7-5-17(15)19-12-20(27-24(32)16-2-3-16)26-23-18(19)4-6-25-23/h4-6,12,15-16H,2-3,7-11,13-14H2,1H3,(H2,25,26,27,32). The molecule has 0 radical (unpaired) electrons. The molecular weight excluding hydrogens is 422 g/mol. The minimum Gasteiger partial charge on any atom is -0.378 e. The number of rotatable bonds is 5. The summed E-state index contributed by atoms with van der Waals surface area (Å²) in [6.45, 7) is 5.20. The molecule has 3 amide bonds. The van der Waals surface area contributed by atoms with Gasteiger partial charge < -0.3 is 24.8 Å². The molecule has 3 aliphatic rings. The van der Waals surface area contributed by atoms with Crippen molar-refractivity contribution in [3.8, 4) is 0 Å². The van der Waals surface area contributed by atoms with Gasteiger partial charge in [-0.05, 0) is 42.0 Å². The zero-order chi connectivity index (χ0) is 22.9. The number of H-pyrrole nitrogens is 1. The smallest absolute Gasteiger partial charge is 0.232 e. The Bertz CT molecular complexity index is 1110. The number of morpholine rings is 1. The highest BCUT2D eigenvalue weighted by molar-refractivity contribution is 5.99. The predicted octanol–water partition coefficient (Wildman–Crippen LogP) is 2.02. The van der Waals surface area contributed by atoms with Crippen molar-refractivity contribution in [1.82, 2.24) is 19.8 Å². The first kappa shape index (κ1) is 21.6. The summed E-state index contributed by atoms with van der Waals surface area (Å²) in [4.78, 5) is 48.7. The van der Waals surface area contributed by atoms with Gasteiger partial charge in [0.1, 0.15) is 17.9 Å². The third-order valence-electron chi connectivity index (χ3n) is 6.61. The van der Waals surface area contributed by atoms with Crippen LogP contribution in [0.15, 0.2) is 24.4 Å². The number of carbonyl (C=O) groups excluding carboxylic acids is 3. The highest BCUT2D eigenvalue weighted by Crippen LogP contribution is 2.35. The number of anilines is 1. The van der Waals surface area contributed by atoms with Crippen LogP contribution >= 0.6 is 0 Å². The monoisotopic (exact) mass is 451 g/mol. The fraction of sp³-hybridized carbons (Fsp3) is 0.500. The Labute approximate surface area is 192 Å². The van der Waals surface area contributed by atoms with Gasteiger partial charge in [0.2, 0.25) is 17.7 Å². The van der Waals surface area contributed by atoms with E-state index in [0.717, 1.165) is 35.0 Å². The van der Waals surface area contributed by atoms with E-state index in [0.29, 0.717) is 45.2 Å².